The van der Waals surface area contributed by atoms with Crippen LogP contribution in [0.5, 0.6) is 0 Å². The lowest BCUT2D eigenvalue weighted by Gasteiger charge is -2.03. The molecule has 5 aromatic rings. The number of aryl methyl sites for hydroxylation is 1. The highest BCUT2D eigenvalue weighted by molar-refractivity contribution is 5.96. The van der Waals surface area contributed by atoms with Gasteiger partial charge in [-0.1, -0.05) is 36.9 Å². The van der Waals surface area contributed by atoms with E-state index >= 15 is 0 Å². The molecule has 0 aliphatic rings. The van der Waals surface area contributed by atoms with Gasteiger partial charge in [0, 0.05) is 11.6 Å². The molecule has 0 bridgehead atoms. The lowest BCUT2D eigenvalue weighted by molar-refractivity contribution is 1.05. The number of allylic oxidation sites excluding steroid dienone is 5. The molecule has 0 fully saturated rings. The molecule has 4 heterocycles. The molecule has 5 rings (SSSR count). The van der Waals surface area contributed by atoms with Crippen molar-refractivity contribution >= 4 is 27.5 Å². The van der Waals surface area contributed by atoms with Gasteiger partial charge in [0.15, 0.2) is 5.82 Å². The molecular weight excluding hydrogens is 386 g/mol. The minimum absolute atomic E-state index is 0.688. The van der Waals surface area contributed by atoms with Gasteiger partial charge in [0.25, 0.3) is 0 Å². The van der Waals surface area contributed by atoms with Crippen LogP contribution < -0.4 is 0 Å². The van der Waals surface area contributed by atoms with E-state index in [4.69, 9.17) is 4.98 Å². The van der Waals surface area contributed by atoms with E-state index in [1.807, 2.05) is 42.8 Å². The third-order valence-electron chi connectivity index (χ3n) is 5.21. The molecule has 4 aromatic heterocycles. The largest absolute Gasteiger partial charge is 0.335 e. The summed E-state index contributed by atoms with van der Waals surface area (Å²) in [5.74, 6) is 0.688. The maximum atomic E-state index is 4.87. The molecule has 1 aromatic carbocycles. The fourth-order valence-electron chi connectivity index (χ4n) is 3.68. The Labute approximate surface area is 178 Å². The first-order valence-corrected chi connectivity index (χ1v) is 9.97. The summed E-state index contributed by atoms with van der Waals surface area (Å²) >= 11 is 0. The highest BCUT2D eigenvalue weighted by Gasteiger charge is 2.16. The van der Waals surface area contributed by atoms with Gasteiger partial charge in [-0.2, -0.15) is 5.10 Å². The predicted octanol–water partition coefficient (Wildman–Crippen LogP) is 5.14. The van der Waals surface area contributed by atoms with Crippen LogP contribution in [0.1, 0.15) is 18.2 Å². The number of pyridine rings is 1. The van der Waals surface area contributed by atoms with Gasteiger partial charge in [-0.05, 0) is 37.1 Å². The van der Waals surface area contributed by atoms with Crippen molar-refractivity contribution in [1.29, 1.82) is 0 Å². The lowest BCUT2D eigenvalue weighted by Crippen LogP contribution is -1.92. The Morgan fingerprint density at radius 3 is 2.87 bits per heavy atom. The maximum absolute atomic E-state index is 4.87. The van der Waals surface area contributed by atoms with E-state index in [0.717, 1.165) is 50.1 Å². The van der Waals surface area contributed by atoms with Crippen LogP contribution in [0.4, 0.5) is 0 Å². The van der Waals surface area contributed by atoms with E-state index in [-0.39, 0.29) is 0 Å². The molecule has 0 saturated carbocycles. The summed E-state index contributed by atoms with van der Waals surface area (Å²) in [4.78, 5) is 16.9. The summed E-state index contributed by atoms with van der Waals surface area (Å²) in [6, 6.07) is 6.24. The summed E-state index contributed by atoms with van der Waals surface area (Å²) in [7, 11) is 0. The Morgan fingerprint density at radius 1 is 1.19 bits per heavy atom. The number of rotatable bonds is 5. The SMILES string of the molecule is C=C/C=C\C(=C/C)c1ccc2[nH]nc(-c3nc4c(-n5cnc(C)c5)cncc4[nH]3)c2c1. The van der Waals surface area contributed by atoms with Crippen molar-refractivity contribution in [3.63, 3.8) is 0 Å². The van der Waals surface area contributed by atoms with Crippen molar-refractivity contribution in [2.75, 3.05) is 0 Å². The predicted molar refractivity (Wildman–Crippen MR) is 124 cm³/mol. The number of hydrogen-bond acceptors (Lipinski definition) is 4. The second kappa shape index (κ2) is 7.53. The van der Waals surface area contributed by atoms with E-state index in [2.05, 4.69) is 49.9 Å². The van der Waals surface area contributed by atoms with E-state index in [1.54, 1.807) is 24.8 Å². The maximum Gasteiger partial charge on any atom is 0.159 e. The first kappa shape index (κ1) is 18.7. The quantitative estimate of drug-likeness (QED) is 0.395. The van der Waals surface area contributed by atoms with Gasteiger partial charge in [-0.15, -0.1) is 0 Å². The fraction of sp³-hybridized carbons (Fsp3) is 0.0833. The number of fused-ring (bicyclic) bond motifs is 2. The number of nitrogens with zero attached hydrogens (tertiary/aromatic N) is 5. The third kappa shape index (κ3) is 3.26. The molecule has 0 aliphatic carbocycles. The number of H-pyrrole nitrogens is 2. The zero-order valence-corrected chi connectivity index (χ0v) is 17.3. The Hall–Kier alpha value is -4.26. The monoisotopic (exact) mass is 407 g/mol. The van der Waals surface area contributed by atoms with Crippen molar-refractivity contribution in [3.8, 4) is 17.2 Å². The van der Waals surface area contributed by atoms with Gasteiger partial charge in [-0.3, -0.25) is 10.1 Å². The normalized spacial score (nSPS) is 12.4. The Bertz CT molecular complexity index is 1480. The van der Waals surface area contributed by atoms with Crippen LogP contribution in [-0.2, 0) is 0 Å². The summed E-state index contributed by atoms with van der Waals surface area (Å²) in [6.07, 6.45) is 15.1. The molecule has 0 unspecified atom stereocenters. The van der Waals surface area contributed by atoms with Gasteiger partial charge in [0.2, 0.25) is 0 Å². The van der Waals surface area contributed by atoms with Crippen molar-refractivity contribution in [2.24, 2.45) is 0 Å². The number of aromatic amines is 2. The van der Waals surface area contributed by atoms with Crippen LogP contribution in [-0.4, -0.2) is 34.7 Å². The smallest absolute Gasteiger partial charge is 0.159 e. The summed E-state index contributed by atoms with van der Waals surface area (Å²) < 4.78 is 1.93. The van der Waals surface area contributed by atoms with Gasteiger partial charge in [0.1, 0.15) is 11.2 Å². The van der Waals surface area contributed by atoms with Crippen molar-refractivity contribution in [2.45, 2.75) is 13.8 Å². The average molecular weight is 407 g/mol. The van der Waals surface area contributed by atoms with Crippen LogP contribution >= 0.6 is 0 Å². The number of hydrogen-bond donors (Lipinski definition) is 2. The molecule has 0 radical (unpaired) electrons. The number of nitrogens with one attached hydrogen (secondary N) is 2. The van der Waals surface area contributed by atoms with E-state index < -0.39 is 0 Å². The minimum Gasteiger partial charge on any atom is -0.335 e. The van der Waals surface area contributed by atoms with Crippen molar-refractivity contribution < 1.29 is 0 Å². The molecule has 31 heavy (non-hydrogen) atoms. The van der Waals surface area contributed by atoms with Gasteiger partial charge in [0.05, 0.1) is 41.1 Å². The van der Waals surface area contributed by atoms with Crippen LogP contribution in [0.25, 0.3) is 44.7 Å². The Morgan fingerprint density at radius 2 is 2.10 bits per heavy atom. The summed E-state index contributed by atoms with van der Waals surface area (Å²) in [6.45, 7) is 7.73. The van der Waals surface area contributed by atoms with Gasteiger partial charge < -0.3 is 9.55 Å². The second-order valence-electron chi connectivity index (χ2n) is 7.23. The van der Waals surface area contributed by atoms with E-state index in [9.17, 15) is 0 Å². The van der Waals surface area contributed by atoms with Crippen LogP contribution in [0, 0.1) is 6.92 Å². The van der Waals surface area contributed by atoms with Crippen LogP contribution in [0.2, 0.25) is 0 Å². The zero-order valence-electron chi connectivity index (χ0n) is 17.3. The third-order valence-corrected chi connectivity index (χ3v) is 5.21. The Kier molecular flexibility index (Phi) is 4.55. The van der Waals surface area contributed by atoms with Gasteiger partial charge in [-0.25, -0.2) is 9.97 Å². The standard InChI is InChI=1S/C24H21N7/c1-4-6-7-16(5-2)17-8-9-19-18(10-17)22(30-29-19)24-27-20-11-25-12-21(23(20)28-24)31-13-15(3)26-14-31/h4-14H,1H2,2-3H3,(H,27,28)(H,29,30)/b7-6-,16-5+. The molecule has 152 valence electrons. The Balaban J connectivity index is 1.65. The molecule has 7 heteroatoms. The molecular formula is C24H21N7. The van der Waals surface area contributed by atoms with Gasteiger partial charge >= 0.3 is 0 Å². The minimum atomic E-state index is 0.688. The number of aromatic nitrogens is 7. The molecule has 0 amide bonds. The van der Waals surface area contributed by atoms with Crippen molar-refractivity contribution in [3.05, 3.63) is 85.3 Å². The van der Waals surface area contributed by atoms with Crippen LogP contribution in [0.3, 0.4) is 0 Å². The second-order valence-corrected chi connectivity index (χ2v) is 7.23. The average Bonchev–Trinajstić information content (AvgIpc) is 3.51. The molecule has 0 aliphatic heterocycles. The summed E-state index contributed by atoms with van der Waals surface area (Å²) in [5, 5.41) is 8.65. The highest BCUT2D eigenvalue weighted by atomic mass is 15.1. The first-order chi connectivity index (χ1) is 15.2. The summed E-state index contributed by atoms with van der Waals surface area (Å²) in [5.41, 5.74) is 7.39. The zero-order chi connectivity index (χ0) is 21.4. The highest BCUT2D eigenvalue weighted by Crippen LogP contribution is 2.30. The van der Waals surface area contributed by atoms with E-state index in [0.29, 0.717) is 5.82 Å². The van der Waals surface area contributed by atoms with Crippen molar-refractivity contribution in [1.82, 2.24) is 34.7 Å². The fourth-order valence-corrected chi connectivity index (χ4v) is 3.68. The molecule has 0 saturated heterocycles. The van der Waals surface area contributed by atoms with E-state index in [1.165, 1.54) is 0 Å². The molecule has 2 N–H and O–H groups in total. The number of benzene rings is 1. The first-order valence-electron chi connectivity index (χ1n) is 9.97. The number of imidazole rings is 2. The lowest BCUT2D eigenvalue weighted by atomic mass is 10.0. The molecule has 0 atom stereocenters. The van der Waals surface area contributed by atoms with Crippen LogP contribution in [0.15, 0.2) is 74.0 Å². The molecule has 0 spiro atoms. The topological polar surface area (TPSA) is 88.1 Å². The molecule has 7 nitrogen and oxygen atoms in total.